The first kappa shape index (κ1) is 18.5. The number of alkyl halides is 3. The van der Waals surface area contributed by atoms with Crippen molar-refractivity contribution < 1.29 is 22.8 Å². The minimum atomic E-state index is -4.55. The Kier molecular flexibility index (Phi) is 4.89. The van der Waals surface area contributed by atoms with E-state index in [0.717, 1.165) is 11.3 Å². The molecule has 0 unspecified atom stereocenters. The number of benzene rings is 1. The second kappa shape index (κ2) is 7.14. The average molecular weight is 379 g/mol. The van der Waals surface area contributed by atoms with Crippen molar-refractivity contribution in [1.29, 1.82) is 0 Å². The third-order valence-corrected chi connectivity index (χ3v) is 3.83. The number of hydrogen-bond acceptors (Lipinski definition) is 4. The summed E-state index contributed by atoms with van der Waals surface area (Å²) < 4.78 is 36.6. The van der Waals surface area contributed by atoms with E-state index in [1.54, 1.807) is 31.4 Å². The molecule has 0 saturated carbocycles. The van der Waals surface area contributed by atoms with Gasteiger partial charge in [0.25, 0.3) is 0 Å². The number of aromatic nitrogens is 1. The molecule has 2 aromatic rings. The Morgan fingerprint density at radius 2 is 1.89 bits per heavy atom. The molecule has 1 aliphatic heterocycles. The van der Waals surface area contributed by atoms with Crippen LogP contribution in [0.1, 0.15) is 12.0 Å². The molecule has 3 N–H and O–H groups in total. The number of nitrogens with zero attached hydrogens (tertiary/aromatic N) is 2. The molecule has 0 aliphatic carbocycles. The second-order valence-electron chi connectivity index (χ2n) is 6.01. The predicted molar refractivity (Wildman–Crippen MR) is 93.7 cm³/mol. The number of carbonyl (C=O) groups excluding carboxylic acids is 2. The first-order valence-electron chi connectivity index (χ1n) is 7.95. The van der Waals surface area contributed by atoms with E-state index in [-0.39, 0.29) is 11.7 Å². The van der Waals surface area contributed by atoms with Crippen LogP contribution in [0, 0.1) is 0 Å². The number of hydrogen-bond donors (Lipinski definition) is 3. The Bertz CT molecular complexity index is 868. The molecule has 0 fully saturated rings. The number of urea groups is 1. The zero-order chi connectivity index (χ0) is 19.6. The number of fused-ring (bicyclic) bond motifs is 1. The Labute approximate surface area is 152 Å². The third kappa shape index (κ3) is 4.66. The molecular weight excluding hydrogens is 363 g/mol. The van der Waals surface area contributed by atoms with Crippen molar-refractivity contribution >= 4 is 34.8 Å². The largest absolute Gasteiger partial charge is 0.397 e. The highest BCUT2D eigenvalue weighted by Crippen LogP contribution is 2.30. The number of nitrogens with one attached hydrogen (secondary N) is 3. The maximum absolute atomic E-state index is 12.2. The molecule has 0 bridgehead atoms. The lowest BCUT2D eigenvalue weighted by molar-refractivity contribution is -0.150. The van der Waals surface area contributed by atoms with Crippen LogP contribution in [0.5, 0.6) is 0 Å². The SMILES string of the molecule is CN1Cc2c(Nc3ccc(NC(=O)CC(F)(F)F)cc3)ccnc2NC1=O. The van der Waals surface area contributed by atoms with Gasteiger partial charge in [-0.1, -0.05) is 0 Å². The number of halogens is 3. The summed E-state index contributed by atoms with van der Waals surface area (Å²) in [7, 11) is 1.66. The Balaban J connectivity index is 1.70. The van der Waals surface area contributed by atoms with Gasteiger partial charge in [0.15, 0.2) is 0 Å². The van der Waals surface area contributed by atoms with Crippen LogP contribution in [0.3, 0.4) is 0 Å². The van der Waals surface area contributed by atoms with Gasteiger partial charge in [0, 0.05) is 35.9 Å². The van der Waals surface area contributed by atoms with Crippen LogP contribution in [0.2, 0.25) is 0 Å². The summed E-state index contributed by atoms with van der Waals surface area (Å²) in [5.74, 6) is -0.649. The molecule has 1 aromatic heterocycles. The zero-order valence-electron chi connectivity index (χ0n) is 14.2. The molecule has 0 spiro atoms. The first-order valence-corrected chi connectivity index (χ1v) is 7.95. The maximum atomic E-state index is 12.2. The van der Waals surface area contributed by atoms with Crippen LogP contribution in [0.15, 0.2) is 36.5 Å². The van der Waals surface area contributed by atoms with Crippen molar-refractivity contribution in [1.82, 2.24) is 9.88 Å². The summed E-state index contributed by atoms with van der Waals surface area (Å²) in [6.45, 7) is 0.378. The zero-order valence-corrected chi connectivity index (χ0v) is 14.2. The molecule has 1 aliphatic rings. The van der Waals surface area contributed by atoms with Crippen LogP contribution < -0.4 is 16.0 Å². The highest BCUT2D eigenvalue weighted by Gasteiger charge is 2.31. The molecule has 0 atom stereocenters. The Morgan fingerprint density at radius 3 is 2.56 bits per heavy atom. The lowest BCUT2D eigenvalue weighted by Gasteiger charge is -2.27. The van der Waals surface area contributed by atoms with Gasteiger partial charge >= 0.3 is 12.2 Å². The smallest absolute Gasteiger partial charge is 0.355 e. The van der Waals surface area contributed by atoms with E-state index in [1.807, 2.05) is 0 Å². The molecule has 0 radical (unpaired) electrons. The fourth-order valence-corrected chi connectivity index (χ4v) is 2.56. The van der Waals surface area contributed by atoms with Gasteiger partial charge < -0.3 is 15.5 Å². The molecule has 1 aromatic carbocycles. The van der Waals surface area contributed by atoms with Crippen LogP contribution in [0.4, 0.5) is 40.8 Å². The van der Waals surface area contributed by atoms with E-state index < -0.39 is 18.5 Å². The van der Waals surface area contributed by atoms with Crippen LogP contribution in [-0.4, -0.2) is 35.0 Å². The standard InChI is InChI=1S/C17H16F3N5O2/c1-25-9-12-13(6-7-21-15(12)24-16(25)27)22-10-2-4-11(5-3-10)23-14(26)8-17(18,19)20/h2-7H,8-9H2,1H3,(H,23,26)(H2,21,22,24,27). The summed E-state index contributed by atoms with van der Waals surface area (Å²) in [6, 6.07) is 7.76. The van der Waals surface area contributed by atoms with Gasteiger partial charge in [0.05, 0.1) is 6.54 Å². The minimum absolute atomic E-state index is 0.244. The number of amides is 3. The Hall–Kier alpha value is -3.30. The summed E-state index contributed by atoms with van der Waals surface area (Å²) in [5.41, 5.74) is 2.47. The van der Waals surface area contributed by atoms with Gasteiger partial charge in [0.1, 0.15) is 12.2 Å². The molecule has 7 nitrogen and oxygen atoms in total. The van der Waals surface area contributed by atoms with Crippen LogP contribution in [0.25, 0.3) is 0 Å². The van der Waals surface area contributed by atoms with Gasteiger partial charge in [-0.3, -0.25) is 10.1 Å². The minimum Gasteiger partial charge on any atom is -0.355 e. The monoisotopic (exact) mass is 379 g/mol. The quantitative estimate of drug-likeness (QED) is 0.756. The van der Waals surface area contributed by atoms with Crippen molar-refractivity contribution in [3.63, 3.8) is 0 Å². The molecular formula is C17H16F3N5O2. The summed E-state index contributed by atoms with van der Waals surface area (Å²) in [4.78, 5) is 28.7. The average Bonchev–Trinajstić information content (AvgIpc) is 2.56. The summed E-state index contributed by atoms with van der Waals surface area (Å²) in [5, 5.41) is 8.06. The highest BCUT2D eigenvalue weighted by atomic mass is 19.4. The van der Waals surface area contributed by atoms with Crippen LogP contribution in [-0.2, 0) is 11.3 Å². The molecule has 2 heterocycles. The molecule has 0 saturated heterocycles. The lowest BCUT2D eigenvalue weighted by Crippen LogP contribution is -2.36. The van der Waals surface area contributed by atoms with Gasteiger partial charge in [0.2, 0.25) is 5.91 Å². The normalized spacial score (nSPS) is 13.6. The predicted octanol–water partition coefficient (Wildman–Crippen LogP) is 3.69. The fraction of sp³-hybridized carbons (Fsp3) is 0.235. The van der Waals surface area contributed by atoms with Gasteiger partial charge in [-0.2, -0.15) is 13.2 Å². The molecule has 142 valence electrons. The topological polar surface area (TPSA) is 86.4 Å². The first-order chi connectivity index (χ1) is 12.7. The molecule has 3 rings (SSSR count). The van der Waals surface area contributed by atoms with E-state index in [9.17, 15) is 22.8 Å². The number of rotatable bonds is 4. The number of pyridine rings is 1. The van der Waals surface area contributed by atoms with Gasteiger partial charge in [-0.15, -0.1) is 0 Å². The van der Waals surface area contributed by atoms with E-state index in [4.69, 9.17) is 0 Å². The third-order valence-electron chi connectivity index (χ3n) is 3.83. The Morgan fingerprint density at radius 1 is 1.22 bits per heavy atom. The molecule has 3 amide bonds. The molecule has 27 heavy (non-hydrogen) atoms. The van der Waals surface area contributed by atoms with E-state index in [1.165, 1.54) is 17.0 Å². The fourth-order valence-electron chi connectivity index (χ4n) is 2.56. The second-order valence-corrected chi connectivity index (χ2v) is 6.01. The van der Waals surface area contributed by atoms with Gasteiger partial charge in [-0.05, 0) is 30.3 Å². The molecule has 10 heteroatoms. The van der Waals surface area contributed by atoms with E-state index in [2.05, 4.69) is 20.9 Å². The summed E-state index contributed by atoms with van der Waals surface area (Å²) in [6.07, 6.45) is -4.53. The van der Waals surface area contributed by atoms with Crippen molar-refractivity contribution in [2.75, 3.05) is 23.0 Å². The van der Waals surface area contributed by atoms with Crippen molar-refractivity contribution in [3.8, 4) is 0 Å². The van der Waals surface area contributed by atoms with Crippen molar-refractivity contribution in [2.24, 2.45) is 0 Å². The highest BCUT2D eigenvalue weighted by molar-refractivity contribution is 5.93. The number of carbonyl (C=O) groups is 2. The van der Waals surface area contributed by atoms with Crippen molar-refractivity contribution in [2.45, 2.75) is 19.1 Å². The summed E-state index contributed by atoms with van der Waals surface area (Å²) >= 11 is 0. The lowest BCUT2D eigenvalue weighted by atomic mass is 10.1. The van der Waals surface area contributed by atoms with Crippen LogP contribution >= 0.6 is 0 Å². The van der Waals surface area contributed by atoms with Gasteiger partial charge in [-0.25, -0.2) is 9.78 Å². The van der Waals surface area contributed by atoms with E-state index in [0.29, 0.717) is 18.1 Å². The van der Waals surface area contributed by atoms with Crippen molar-refractivity contribution in [3.05, 3.63) is 42.1 Å². The maximum Gasteiger partial charge on any atom is 0.397 e. The van der Waals surface area contributed by atoms with E-state index >= 15 is 0 Å². The number of anilines is 4.